The van der Waals surface area contributed by atoms with Crippen LogP contribution in [0.15, 0.2) is 42.5 Å². The Morgan fingerprint density at radius 2 is 1.71 bits per heavy atom. The highest BCUT2D eigenvalue weighted by Crippen LogP contribution is 2.22. The van der Waals surface area contributed by atoms with Gasteiger partial charge in [0.25, 0.3) is 0 Å². The number of hydrogen-bond acceptors (Lipinski definition) is 3. The Bertz CT molecular complexity index is 660. The zero-order valence-corrected chi connectivity index (χ0v) is 14.6. The van der Waals surface area contributed by atoms with Gasteiger partial charge in [-0.05, 0) is 43.9 Å². The van der Waals surface area contributed by atoms with Crippen LogP contribution in [0.4, 0.5) is 5.69 Å². The molecule has 2 rings (SSSR count). The number of aliphatic hydroxyl groups excluding tert-OH is 1. The van der Waals surface area contributed by atoms with Crippen LogP contribution >= 0.6 is 0 Å². The van der Waals surface area contributed by atoms with Crippen molar-refractivity contribution in [2.24, 2.45) is 0 Å². The molecular weight excluding hydrogens is 300 g/mol. The first kappa shape index (κ1) is 18.2. The highest BCUT2D eigenvalue weighted by Gasteiger charge is 2.13. The van der Waals surface area contributed by atoms with E-state index in [2.05, 4.69) is 22.8 Å². The maximum absolute atomic E-state index is 12.3. The lowest BCUT2D eigenvalue weighted by molar-refractivity contribution is -0.115. The predicted molar refractivity (Wildman–Crippen MR) is 98.2 cm³/mol. The first-order valence-electron chi connectivity index (χ1n) is 8.28. The van der Waals surface area contributed by atoms with Crippen molar-refractivity contribution >= 4 is 11.6 Å². The minimum Gasteiger partial charge on any atom is -0.396 e. The summed E-state index contributed by atoms with van der Waals surface area (Å²) in [5.74, 6) is -0.0797. The van der Waals surface area contributed by atoms with Crippen molar-refractivity contribution in [3.8, 4) is 0 Å². The average molecular weight is 326 g/mol. The van der Waals surface area contributed by atoms with Crippen molar-refractivity contribution in [2.45, 2.75) is 33.2 Å². The third kappa shape index (κ3) is 4.91. The lowest BCUT2D eigenvalue weighted by atomic mass is 10.0. The van der Waals surface area contributed by atoms with Gasteiger partial charge in [0.05, 0.1) is 6.54 Å². The van der Waals surface area contributed by atoms with E-state index in [1.165, 1.54) is 5.56 Å². The molecule has 0 aliphatic carbocycles. The van der Waals surface area contributed by atoms with Gasteiger partial charge in [-0.1, -0.05) is 48.0 Å². The van der Waals surface area contributed by atoms with Gasteiger partial charge in [0.1, 0.15) is 0 Å². The van der Waals surface area contributed by atoms with E-state index in [0.29, 0.717) is 6.42 Å². The fourth-order valence-corrected chi connectivity index (χ4v) is 2.98. The van der Waals surface area contributed by atoms with E-state index in [9.17, 15) is 9.90 Å². The van der Waals surface area contributed by atoms with Gasteiger partial charge >= 0.3 is 0 Å². The Morgan fingerprint density at radius 3 is 2.29 bits per heavy atom. The Hall–Kier alpha value is -2.17. The monoisotopic (exact) mass is 326 g/mol. The SMILES string of the molecule is Cc1cc(C)c(NC(=O)CNC(CCO)c2ccccc2)c(C)c1. The van der Waals surface area contributed by atoms with Gasteiger partial charge < -0.3 is 15.7 Å². The van der Waals surface area contributed by atoms with Gasteiger partial charge in [0, 0.05) is 18.3 Å². The first-order chi connectivity index (χ1) is 11.5. The fourth-order valence-electron chi connectivity index (χ4n) is 2.98. The van der Waals surface area contributed by atoms with Crippen LogP contribution in [0.3, 0.4) is 0 Å². The van der Waals surface area contributed by atoms with Crippen LogP contribution in [0.2, 0.25) is 0 Å². The molecule has 0 spiro atoms. The Kier molecular flexibility index (Phi) is 6.53. The zero-order valence-electron chi connectivity index (χ0n) is 14.6. The van der Waals surface area contributed by atoms with Gasteiger partial charge in [-0.25, -0.2) is 0 Å². The molecule has 3 N–H and O–H groups in total. The van der Waals surface area contributed by atoms with Crippen LogP contribution in [0.25, 0.3) is 0 Å². The van der Waals surface area contributed by atoms with E-state index < -0.39 is 0 Å². The van der Waals surface area contributed by atoms with Gasteiger partial charge in [-0.15, -0.1) is 0 Å². The number of aliphatic hydroxyl groups is 1. The summed E-state index contributed by atoms with van der Waals surface area (Å²) in [6.45, 7) is 6.33. The quantitative estimate of drug-likeness (QED) is 0.732. The molecule has 0 heterocycles. The minimum atomic E-state index is -0.0797. The molecule has 24 heavy (non-hydrogen) atoms. The number of amides is 1. The predicted octanol–water partition coefficient (Wildman–Crippen LogP) is 3.26. The van der Waals surface area contributed by atoms with Crippen LogP contribution in [0, 0.1) is 20.8 Å². The summed E-state index contributed by atoms with van der Waals surface area (Å²) >= 11 is 0. The molecule has 0 radical (unpaired) electrons. The molecule has 0 aliphatic heterocycles. The van der Waals surface area contributed by atoms with E-state index in [1.807, 2.05) is 51.1 Å². The van der Waals surface area contributed by atoms with E-state index in [4.69, 9.17) is 0 Å². The highest BCUT2D eigenvalue weighted by atomic mass is 16.3. The highest BCUT2D eigenvalue weighted by molar-refractivity contribution is 5.93. The number of hydrogen-bond donors (Lipinski definition) is 3. The number of benzene rings is 2. The molecule has 4 nitrogen and oxygen atoms in total. The van der Waals surface area contributed by atoms with Crippen molar-refractivity contribution < 1.29 is 9.90 Å². The molecular formula is C20H26N2O2. The molecule has 2 aromatic rings. The van der Waals surface area contributed by atoms with Crippen molar-refractivity contribution in [2.75, 3.05) is 18.5 Å². The number of rotatable bonds is 7. The molecule has 2 aromatic carbocycles. The number of aryl methyl sites for hydroxylation is 3. The van der Waals surface area contributed by atoms with Crippen LogP contribution < -0.4 is 10.6 Å². The Morgan fingerprint density at radius 1 is 1.08 bits per heavy atom. The number of anilines is 1. The third-order valence-corrected chi connectivity index (χ3v) is 4.07. The van der Waals surface area contributed by atoms with E-state index >= 15 is 0 Å². The number of nitrogens with one attached hydrogen (secondary N) is 2. The summed E-state index contributed by atoms with van der Waals surface area (Å²) < 4.78 is 0. The second-order valence-corrected chi connectivity index (χ2v) is 6.18. The Balaban J connectivity index is 1.99. The van der Waals surface area contributed by atoms with Crippen molar-refractivity contribution in [3.63, 3.8) is 0 Å². The molecule has 0 aromatic heterocycles. The average Bonchev–Trinajstić information content (AvgIpc) is 2.55. The maximum atomic E-state index is 12.3. The zero-order chi connectivity index (χ0) is 17.5. The van der Waals surface area contributed by atoms with E-state index in [-0.39, 0.29) is 25.1 Å². The van der Waals surface area contributed by atoms with E-state index in [1.54, 1.807) is 0 Å². The second kappa shape index (κ2) is 8.62. The molecule has 0 bridgehead atoms. The first-order valence-corrected chi connectivity index (χ1v) is 8.28. The second-order valence-electron chi connectivity index (χ2n) is 6.18. The number of carbonyl (C=O) groups excluding carboxylic acids is 1. The molecule has 4 heteroatoms. The third-order valence-electron chi connectivity index (χ3n) is 4.07. The summed E-state index contributed by atoms with van der Waals surface area (Å²) in [6.07, 6.45) is 0.569. The summed E-state index contributed by atoms with van der Waals surface area (Å²) in [5.41, 5.74) is 5.27. The van der Waals surface area contributed by atoms with Crippen LogP contribution in [0.5, 0.6) is 0 Å². The summed E-state index contributed by atoms with van der Waals surface area (Å²) in [5, 5.41) is 15.5. The smallest absolute Gasteiger partial charge is 0.238 e. The molecule has 0 saturated heterocycles. The summed E-state index contributed by atoms with van der Waals surface area (Å²) in [4.78, 5) is 12.3. The molecule has 0 fully saturated rings. The normalized spacial score (nSPS) is 12.0. The lowest BCUT2D eigenvalue weighted by Crippen LogP contribution is -2.32. The number of carbonyl (C=O) groups is 1. The fraction of sp³-hybridized carbons (Fsp3) is 0.350. The largest absolute Gasteiger partial charge is 0.396 e. The molecule has 1 atom stereocenters. The topological polar surface area (TPSA) is 61.4 Å². The van der Waals surface area contributed by atoms with Gasteiger partial charge in [0.2, 0.25) is 5.91 Å². The Labute approximate surface area is 143 Å². The van der Waals surface area contributed by atoms with Crippen LogP contribution in [0.1, 0.15) is 34.7 Å². The standard InChI is InChI=1S/C20H26N2O2/c1-14-11-15(2)20(16(3)12-14)22-19(24)13-21-18(9-10-23)17-7-5-4-6-8-17/h4-8,11-12,18,21,23H,9-10,13H2,1-3H3,(H,22,24). The molecule has 1 unspecified atom stereocenters. The van der Waals surface area contributed by atoms with Gasteiger partial charge in [0.15, 0.2) is 0 Å². The maximum Gasteiger partial charge on any atom is 0.238 e. The van der Waals surface area contributed by atoms with Crippen molar-refractivity contribution in [1.82, 2.24) is 5.32 Å². The van der Waals surface area contributed by atoms with Gasteiger partial charge in [-0.3, -0.25) is 4.79 Å². The minimum absolute atomic E-state index is 0.0397. The van der Waals surface area contributed by atoms with Crippen molar-refractivity contribution in [3.05, 3.63) is 64.7 Å². The summed E-state index contributed by atoms with van der Waals surface area (Å²) in [7, 11) is 0. The van der Waals surface area contributed by atoms with Gasteiger partial charge in [-0.2, -0.15) is 0 Å². The molecule has 128 valence electrons. The molecule has 0 saturated carbocycles. The molecule has 0 aliphatic rings. The van der Waals surface area contributed by atoms with Crippen LogP contribution in [-0.2, 0) is 4.79 Å². The summed E-state index contributed by atoms with van der Waals surface area (Å²) in [6, 6.07) is 14.0. The lowest BCUT2D eigenvalue weighted by Gasteiger charge is -2.19. The van der Waals surface area contributed by atoms with Crippen LogP contribution in [-0.4, -0.2) is 24.2 Å². The molecule has 1 amide bonds. The van der Waals surface area contributed by atoms with Crippen molar-refractivity contribution in [1.29, 1.82) is 0 Å². The van der Waals surface area contributed by atoms with E-state index in [0.717, 1.165) is 22.4 Å².